The van der Waals surface area contributed by atoms with Gasteiger partial charge >= 0.3 is 0 Å². The Bertz CT molecular complexity index is 889. The van der Waals surface area contributed by atoms with Crippen LogP contribution < -0.4 is 16.5 Å². The summed E-state index contributed by atoms with van der Waals surface area (Å²) in [4.78, 5) is 27.5. The highest BCUT2D eigenvalue weighted by atomic mass is 16.2. The SMILES string of the molecule is Cc1cc(C(C)(C)C)ccc1-c1cc(=O)c(CCNC(=O)[C@H](C)N)c(C)[nH]1. The van der Waals surface area contributed by atoms with E-state index < -0.39 is 6.04 Å². The van der Waals surface area contributed by atoms with Crippen LogP contribution in [0.2, 0.25) is 0 Å². The molecule has 1 heterocycles. The number of benzene rings is 1. The standard InChI is InChI=1S/C22H31N3O2/c1-13-11-16(22(4,5)6)7-8-17(13)19-12-20(26)18(15(3)25-19)9-10-24-21(27)14(2)23/h7-8,11-12,14H,9-10,23H2,1-6H3,(H,24,27)(H,25,26)/t14-/m0/s1. The smallest absolute Gasteiger partial charge is 0.236 e. The van der Waals surface area contributed by atoms with E-state index in [-0.39, 0.29) is 16.8 Å². The van der Waals surface area contributed by atoms with Crippen molar-refractivity contribution in [3.8, 4) is 11.3 Å². The summed E-state index contributed by atoms with van der Waals surface area (Å²) in [5.74, 6) is -0.213. The first-order chi connectivity index (χ1) is 12.5. The summed E-state index contributed by atoms with van der Waals surface area (Å²) in [6.45, 7) is 12.5. The van der Waals surface area contributed by atoms with Crippen LogP contribution in [0.5, 0.6) is 0 Å². The molecule has 0 saturated heterocycles. The predicted molar refractivity (Wildman–Crippen MR) is 111 cm³/mol. The molecule has 0 unspecified atom stereocenters. The zero-order chi connectivity index (χ0) is 20.4. The van der Waals surface area contributed by atoms with Crippen molar-refractivity contribution in [2.45, 2.75) is 59.4 Å². The van der Waals surface area contributed by atoms with Gasteiger partial charge in [0, 0.05) is 35.1 Å². The molecule has 1 amide bonds. The zero-order valence-electron chi connectivity index (χ0n) is 17.2. The fourth-order valence-corrected chi connectivity index (χ4v) is 3.08. The van der Waals surface area contributed by atoms with Crippen LogP contribution in [-0.4, -0.2) is 23.5 Å². The number of aryl methyl sites for hydroxylation is 2. The van der Waals surface area contributed by atoms with Crippen LogP contribution in [0.25, 0.3) is 11.3 Å². The molecule has 2 rings (SSSR count). The first kappa shape index (κ1) is 20.9. The molecule has 0 saturated carbocycles. The van der Waals surface area contributed by atoms with Gasteiger partial charge in [-0.25, -0.2) is 0 Å². The van der Waals surface area contributed by atoms with Gasteiger partial charge < -0.3 is 16.0 Å². The van der Waals surface area contributed by atoms with Crippen LogP contribution in [0.15, 0.2) is 29.1 Å². The average Bonchev–Trinajstić information content (AvgIpc) is 2.55. The number of aromatic amines is 1. The Kier molecular flexibility index (Phi) is 6.26. The van der Waals surface area contributed by atoms with Crippen molar-refractivity contribution < 1.29 is 4.79 Å². The van der Waals surface area contributed by atoms with E-state index in [1.54, 1.807) is 13.0 Å². The summed E-state index contributed by atoms with van der Waals surface area (Å²) in [7, 11) is 0. The lowest BCUT2D eigenvalue weighted by molar-refractivity contribution is -0.121. The molecule has 27 heavy (non-hydrogen) atoms. The molecule has 2 aromatic rings. The highest BCUT2D eigenvalue weighted by molar-refractivity contribution is 5.80. The molecule has 0 fully saturated rings. The molecule has 5 heteroatoms. The summed E-state index contributed by atoms with van der Waals surface area (Å²) in [5.41, 5.74) is 11.4. The number of nitrogens with two attached hydrogens (primary N) is 1. The Morgan fingerprint density at radius 3 is 2.41 bits per heavy atom. The number of nitrogens with one attached hydrogen (secondary N) is 2. The summed E-state index contributed by atoms with van der Waals surface area (Å²) < 4.78 is 0. The molecular formula is C22H31N3O2. The Morgan fingerprint density at radius 2 is 1.89 bits per heavy atom. The zero-order valence-corrected chi connectivity index (χ0v) is 17.2. The van der Waals surface area contributed by atoms with Crippen molar-refractivity contribution >= 4 is 5.91 Å². The number of carbonyl (C=O) groups excluding carboxylic acids is 1. The Labute approximate surface area is 161 Å². The number of aromatic nitrogens is 1. The minimum Gasteiger partial charge on any atom is -0.358 e. The van der Waals surface area contributed by atoms with Gasteiger partial charge in [-0.15, -0.1) is 0 Å². The highest BCUT2D eigenvalue weighted by Crippen LogP contribution is 2.28. The van der Waals surface area contributed by atoms with Crippen molar-refractivity contribution in [1.29, 1.82) is 0 Å². The van der Waals surface area contributed by atoms with Gasteiger partial charge in [0.25, 0.3) is 0 Å². The van der Waals surface area contributed by atoms with Gasteiger partial charge in [-0.3, -0.25) is 9.59 Å². The molecule has 1 atom stereocenters. The van der Waals surface area contributed by atoms with Crippen LogP contribution in [0.1, 0.15) is 50.1 Å². The highest BCUT2D eigenvalue weighted by Gasteiger charge is 2.16. The largest absolute Gasteiger partial charge is 0.358 e. The molecule has 0 aliphatic rings. The maximum atomic E-state index is 12.6. The number of carbonyl (C=O) groups is 1. The topological polar surface area (TPSA) is 88.0 Å². The predicted octanol–water partition coefficient (Wildman–Crippen LogP) is 2.96. The second-order valence-corrected chi connectivity index (χ2v) is 8.26. The van der Waals surface area contributed by atoms with E-state index in [0.717, 1.165) is 22.5 Å². The number of amides is 1. The molecule has 1 aromatic carbocycles. The molecular weight excluding hydrogens is 338 g/mol. The van der Waals surface area contributed by atoms with Gasteiger partial charge in [0.2, 0.25) is 5.91 Å². The molecule has 0 aliphatic carbocycles. The molecule has 0 radical (unpaired) electrons. The quantitative estimate of drug-likeness (QED) is 0.757. The van der Waals surface area contributed by atoms with Crippen molar-refractivity contribution in [2.75, 3.05) is 6.54 Å². The van der Waals surface area contributed by atoms with Gasteiger partial charge in [0.05, 0.1) is 6.04 Å². The van der Waals surface area contributed by atoms with E-state index in [1.807, 2.05) is 6.92 Å². The molecule has 5 nitrogen and oxygen atoms in total. The van der Waals surface area contributed by atoms with Crippen molar-refractivity contribution in [3.63, 3.8) is 0 Å². The fraction of sp³-hybridized carbons (Fsp3) is 0.455. The van der Waals surface area contributed by atoms with Gasteiger partial charge in [-0.05, 0) is 43.7 Å². The Balaban J connectivity index is 2.26. The first-order valence-corrected chi connectivity index (χ1v) is 9.38. The Morgan fingerprint density at radius 1 is 1.22 bits per heavy atom. The monoisotopic (exact) mass is 369 g/mol. The third kappa shape index (κ3) is 5.07. The van der Waals surface area contributed by atoms with Crippen LogP contribution >= 0.6 is 0 Å². The fourth-order valence-electron chi connectivity index (χ4n) is 3.08. The van der Waals surface area contributed by atoms with Crippen molar-refractivity contribution in [1.82, 2.24) is 10.3 Å². The third-order valence-corrected chi connectivity index (χ3v) is 4.82. The number of H-pyrrole nitrogens is 1. The first-order valence-electron chi connectivity index (χ1n) is 9.38. The number of hydrogen-bond acceptors (Lipinski definition) is 3. The summed E-state index contributed by atoms with van der Waals surface area (Å²) in [6, 6.07) is 7.47. The van der Waals surface area contributed by atoms with E-state index in [2.05, 4.69) is 56.2 Å². The van der Waals surface area contributed by atoms with Crippen LogP contribution in [0.3, 0.4) is 0 Å². The lowest BCUT2D eigenvalue weighted by Gasteiger charge is -2.21. The Hall–Kier alpha value is -2.40. The molecule has 4 N–H and O–H groups in total. The van der Waals surface area contributed by atoms with Gasteiger partial charge in [-0.2, -0.15) is 0 Å². The summed E-state index contributed by atoms with van der Waals surface area (Å²) in [5, 5.41) is 2.74. The molecule has 0 aliphatic heterocycles. The average molecular weight is 370 g/mol. The van der Waals surface area contributed by atoms with Crippen molar-refractivity contribution in [2.24, 2.45) is 5.73 Å². The summed E-state index contributed by atoms with van der Waals surface area (Å²) >= 11 is 0. The van der Waals surface area contributed by atoms with Crippen molar-refractivity contribution in [3.05, 3.63) is 56.9 Å². The molecule has 0 spiro atoms. The minimum absolute atomic E-state index is 0.0180. The second-order valence-electron chi connectivity index (χ2n) is 8.26. The van der Waals surface area contributed by atoms with E-state index in [0.29, 0.717) is 18.5 Å². The molecule has 1 aromatic heterocycles. The molecule has 146 valence electrons. The third-order valence-electron chi connectivity index (χ3n) is 4.82. The van der Waals surface area contributed by atoms with Crippen LogP contribution in [-0.2, 0) is 16.6 Å². The van der Waals surface area contributed by atoms with Gasteiger partial charge in [-0.1, -0.05) is 39.0 Å². The second kappa shape index (κ2) is 8.09. The maximum Gasteiger partial charge on any atom is 0.236 e. The van der Waals surface area contributed by atoms with Gasteiger partial charge in [0.1, 0.15) is 0 Å². The van der Waals surface area contributed by atoms with E-state index in [4.69, 9.17) is 5.73 Å². The van der Waals surface area contributed by atoms with Crippen LogP contribution in [0, 0.1) is 13.8 Å². The number of rotatable bonds is 5. The lowest BCUT2D eigenvalue weighted by Crippen LogP contribution is -2.39. The summed E-state index contributed by atoms with van der Waals surface area (Å²) in [6.07, 6.45) is 0.474. The van der Waals surface area contributed by atoms with Gasteiger partial charge in [0.15, 0.2) is 5.43 Å². The lowest BCUT2D eigenvalue weighted by atomic mass is 9.85. The normalized spacial score (nSPS) is 12.7. The molecule has 0 bridgehead atoms. The van der Waals surface area contributed by atoms with Crippen LogP contribution in [0.4, 0.5) is 0 Å². The number of pyridine rings is 1. The number of hydrogen-bond donors (Lipinski definition) is 3. The minimum atomic E-state index is -0.550. The van der Waals surface area contributed by atoms with E-state index >= 15 is 0 Å². The van der Waals surface area contributed by atoms with E-state index in [1.165, 1.54) is 5.56 Å². The van der Waals surface area contributed by atoms with E-state index in [9.17, 15) is 9.59 Å². The maximum absolute atomic E-state index is 12.6.